The number of hydrogen-bond donors (Lipinski definition) is 1. The van der Waals surface area contributed by atoms with Gasteiger partial charge in [0.05, 0.1) is 16.8 Å². The molecule has 1 aromatic rings. The maximum atomic E-state index is 12.4. The van der Waals surface area contributed by atoms with E-state index in [1.165, 1.54) is 4.90 Å². The molecule has 0 bridgehead atoms. The molecule has 0 saturated carbocycles. The van der Waals surface area contributed by atoms with E-state index < -0.39 is 24.1 Å². The molecule has 2 heterocycles. The molecule has 2 aliphatic heterocycles. The SMILES string of the molecule is Cc1ccc(N2C(=O)[C@@H]3[C@H](O)CCN3C2=O)c(Cl)c1C. The van der Waals surface area contributed by atoms with Crippen molar-refractivity contribution in [1.82, 2.24) is 4.90 Å². The molecule has 6 heteroatoms. The fraction of sp³-hybridized carbons (Fsp3) is 0.429. The Morgan fingerprint density at radius 2 is 2.00 bits per heavy atom. The van der Waals surface area contributed by atoms with Crippen molar-refractivity contribution in [2.24, 2.45) is 0 Å². The number of aryl methyl sites for hydroxylation is 1. The van der Waals surface area contributed by atoms with Gasteiger partial charge in [-0.25, -0.2) is 9.69 Å². The zero-order valence-electron chi connectivity index (χ0n) is 11.3. The lowest BCUT2D eigenvalue weighted by atomic mass is 10.1. The normalized spacial score (nSPS) is 25.6. The number of aliphatic hydroxyl groups excluding tert-OH is 1. The van der Waals surface area contributed by atoms with Gasteiger partial charge < -0.3 is 10.0 Å². The lowest BCUT2D eigenvalue weighted by molar-refractivity contribution is -0.121. The Morgan fingerprint density at radius 3 is 2.65 bits per heavy atom. The van der Waals surface area contributed by atoms with Crippen molar-refractivity contribution in [3.63, 3.8) is 0 Å². The molecule has 20 heavy (non-hydrogen) atoms. The summed E-state index contributed by atoms with van der Waals surface area (Å²) in [5.74, 6) is -0.398. The lowest BCUT2D eigenvalue weighted by Crippen LogP contribution is -2.36. The first-order valence-corrected chi connectivity index (χ1v) is 6.89. The van der Waals surface area contributed by atoms with Crippen LogP contribution in [-0.4, -0.2) is 40.6 Å². The van der Waals surface area contributed by atoms with Gasteiger partial charge >= 0.3 is 6.03 Å². The zero-order valence-corrected chi connectivity index (χ0v) is 12.0. The molecular formula is C14H15ClN2O3. The van der Waals surface area contributed by atoms with E-state index in [4.69, 9.17) is 11.6 Å². The Kier molecular flexibility index (Phi) is 2.99. The third-order valence-corrected chi connectivity index (χ3v) is 4.63. The summed E-state index contributed by atoms with van der Waals surface area (Å²) in [6.45, 7) is 4.16. The number of aliphatic hydroxyl groups is 1. The van der Waals surface area contributed by atoms with Gasteiger partial charge in [0.1, 0.15) is 6.04 Å². The van der Waals surface area contributed by atoms with Gasteiger partial charge in [0, 0.05) is 6.54 Å². The number of halogens is 1. The number of carbonyl (C=O) groups excluding carboxylic acids is 2. The maximum Gasteiger partial charge on any atom is 0.332 e. The molecule has 5 nitrogen and oxygen atoms in total. The van der Waals surface area contributed by atoms with Gasteiger partial charge in [0.25, 0.3) is 5.91 Å². The number of fused-ring (bicyclic) bond motifs is 1. The molecule has 3 amide bonds. The Labute approximate surface area is 121 Å². The van der Waals surface area contributed by atoms with Crippen molar-refractivity contribution in [3.05, 3.63) is 28.3 Å². The van der Waals surface area contributed by atoms with Crippen molar-refractivity contribution in [2.45, 2.75) is 32.4 Å². The van der Waals surface area contributed by atoms with E-state index in [0.717, 1.165) is 16.0 Å². The van der Waals surface area contributed by atoms with E-state index in [2.05, 4.69) is 0 Å². The van der Waals surface area contributed by atoms with Gasteiger partial charge in [0.15, 0.2) is 0 Å². The molecule has 1 N–H and O–H groups in total. The number of rotatable bonds is 1. The summed E-state index contributed by atoms with van der Waals surface area (Å²) in [7, 11) is 0. The predicted octanol–water partition coefficient (Wildman–Crippen LogP) is 1.86. The summed E-state index contributed by atoms with van der Waals surface area (Å²) in [5, 5.41) is 10.3. The molecule has 1 aromatic carbocycles. The molecule has 2 saturated heterocycles. The average molecular weight is 295 g/mol. The Balaban J connectivity index is 2.06. The van der Waals surface area contributed by atoms with Gasteiger partial charge in [-0.15, -0.1) is 0 Å². The highest BCUT2D eigenvalue weighted by Crippen LogP contribution is 2.37. The molecule has 2 atom stereocenters. The second kappa shape index (κ2) is 4.46. The van der Waals surface area contributed by atoms with E-state index in [1.54, 1.807) is 6.07 Å². The van der Waals surface area contributed by atoms with E-state index >= 15 is 0 Å². The van der Waals surface area contributed by atoms with Crippen molar-refractivity contribution >= 4 is 29.2 Å². The minimum absolute atomic E-state index is 0.395. The number of carbonyl (C=O) groups is 2. The molecule has 0 unspecified atom stereocenters. The van der Waals surface area contributed by atoms with Crippen molar-refractivity contribution in [2.75, 3.05) is 11.4 Å². The van der Waals surface area contributed by atoms with Crippen LogP contribution in [0.1, 0.15) is 17.5 Å². The standard InChI is InChI=1S/C14H15ClN2O3/c1-7-3-4-9(11(15)8(7)2)17-13(19)12-10(18)5-6-16(12)14(17)20/h3-4,10,12,18H,5-6H2,1-2H3/t10-,12+/m1/s1. The van der Waals surface area contributed by atoms with Crippen LogP contribution in [0.25, 0.3) is 0 Å². The summed E-state index contributed by atoms with van der Waals surface area (Å²) in [5.41, 5.74) is 2.24. The predicted molar refractivity (Wildman–Crippen MR) is 74.9 cm³/mol. The molecule has 2 fully saturated rings. The van der Waals surface area contributed by atoms with Crippen LogP contribution in [0.5, 0.6) is 0 Å². The van der Waals surface area contributed by atoms with Crippen LogP contribution in [0.2, 0.25) is 5.02 Å². The zero-order chi connectivity index (χ0) is 14.6. The number of anilines is 1. The first kappa shape index (κ1) is 13.4. The smallest absolute Gasteiger partial charge is 0.332 e. The number of amides is 3. The molecular weight excluding hydrogens is 280 g/mol. The van der Waals surface area contributed by atoms with Gasteiger partial charge in [-0.1, -0.05) is 17.7 Å². The van der Waals surface area contributed by atoms with Crippen LogP contribution in [0.3, 0.4) is 0 Å². The number of benzene rings is 1. The fourth-order valence-electron chi connectivity index (χ4n) is 2.81. The number of hydrogen-bond acceptors (Lipinski definition) is 3. The number of urea groups is 1. The van der Waals surface area contributed by atoms with Gasteiger partial charge in [-0.2, -0.15) is 0 Å². The molecule has 0 radical (unpaired) electrons. The summed E-state index contributed by atoms with van der Waals surface area (Å²) in [4.78, 5) is 27.3. The number of imide groups is 1. The van der Waals surface area contributed by atoms with E-state index in [1.807, 2.05) is 19.9 Å². The Bertz CT molecular complexity index is 617. The lowest BCUT2D eigenvalue weighted by Gasteiger charge is -2.18. The van der Waals surface area contributed by atoms with E-state index in [9.17, 15) is 14.7 Å². The largest absolute Gasteiger partial charge is 0.390 e. The minimum atomic E-state index is -0.790. The monoisotopic (exact) mass is 294 g/mol. The quantitative estimate of drug-likeness (QED) is 0.804. The van der Waals surface area contributed by atoms with Gasteiger partial charge in [-0.05, 0) is 37.5 Å². The van der Waals surface area contributed by atoms with Gasteiger partial charge in [0.2, 0.25) is 0 Å². The van der Waals surface area contributed by atoms with Crippen LogP contribution in [-0.2, 0) is 4.79 Å². The minimum Gasteiger partial charge on any atom is -0.390 e. The van der Waals surface area contributed by atoms with Crippen molar-refractivity contribution in [3.8, 4) is 0 Å². The summed E-state index contributed by atoms with van der Waals surface area (Å²) >= 11 is 6.28. The first-order chi connectivity index (χ1) is 9.43. The molecule has 106 valence electrons. The van der Waals surface area contributed by atoms with Gasteiger partial charge in [-0.3, -0.25) is 4.79 Å². The van der Waals surface area contributed by atoms with Crippen molar-refractivity contribution in [1.29, 1.82) is 0 Å². The second-order valence-electron chi connectivity index (χ2n) is 5.29. The molecule has 0 spiro atoms. The van der Waals surface area contributed by atoms with Crippen molar-refractivity contribution < 1.29 is 14.7 Å². The van der Waals surface area contributed by atoms with E-state index in [-0.39, 0.29) is 0 Å². The fourth-order valence-corrected chi connectivity index (χ4v) is 3.10. The van der Waals surface area contributed by atoms with Crippen LogP contribution in [0, 0.1) is 13.8 Å². The Morgan fingerprint density at radius 1 is 1.30 bits per heavy atom. The third-order valence-electron chi connectivity index (χ3n) is 4.15. The summed E-state index contributed by atoms with van der Waals surface area (Å²) < 4.78 is 0. The first-order valence-electron chi connectivity index (χ1n) is 6.52. The molecule has 3 rings (SSSR count). The summed E-state index contributed by atoms with van der Waals surface area (Å²) in [6.07, 6.45) is -0.349. The highest BCUT2D eigenvalue weighted by molar-refractivity contribution is 6.36. The van der Waals surface area contributed by atoms with Crippen LogP contribution in [0.15, 0.2) is 12.1 Å². The molecule has 0 aliphatic carbocycles. The topological polar surface area (TPSA) is 60.9 Å². The summed E-state index contributed by atoms with van der Waals surface area (Å²) in [6, 6.07) is 2.34. The highest BCUT2D eigenvalue weighted by Gasteiger charge is 2.52. The second-order valence-corrected chi connectivity index (χ2v) is 5.67. The highest BCUT2D eigenvalue weighted by atomic mass is 35.5. The third kappa shape index (κ3) is 1.66. The number of nitrogens with zero attached hydrogens (tertiary/aromatic N) is 2. The average Bonchev–Trinajstić information content (AvgIpc) is 2.90. The van der Waals surface area contributed by atoms with Crippen LogP contribution < -0.4 is 4.90 Å². The molecule has 0 aromatic heterocycles. The van der Waals surface area contributed by atoms with Crippen LogP contribution in [0.4, 0.5) is 10.5 Å². The Hall–Kier alpha value is -1.59. The van der Waals surface area contributed by atoms with E-state index in [0.29, 0.717) is 23.7 Å². The van der Waals surface area contributed by atoms with Crippen LogP contribution >= 0.6 is 11.6 Å². The maximum absolute atomic E-state index is 12.4. The molecule has 2 aliphatic rings.